The number of anilines is 1. The Morgan fingerprint density at radius 3 is 2.67 bits per heavy atom. The lowest BCUT2D eigenvalue weighted by Crippen LogP contribution is -2.00. The topological polar surface area (TPSA) is 32.3 Å². The molecule has 0 bridgehead atoms. The van der Waals surface area contributed by atoms with E-state index in [0.29, 0.717) is 16.6 Å². The van der Waals surface area contributed by atoms with E-state index >= 15 is 0 Å². The Balaban J connectivity index is 2.16. The summed E-state index contributed by atoms with van der Waals surface area (Å²) in [6.45, 7) is 2.47. The largest absolute Gasteiger partial charge is 0.506 e. The first-order valence-corrected chi connectivity index (χ1v) is 6.30. The van der Waals surface area contributed by atoms with Gasteiger partial charge in [-0.05, 0) is 30.7 Å². The van der Waals surface area contributed by atoms with E-state index in [-0.39, 0.29) is 5.75 Å². The van der Waals surface area contributed by atoms with Crippen LogP contribution in [-0.2, 0) is 6.54 Å². The highest BCUT2D eigenvalue weighted by molar-refractivity contribution is 6.33. The number of hydrogen-bond donors (Lipinski definition) is 2. The molecule has 0 aliphatic heterocycles. The highest BCUT2D eigenvalue weighted by atomic mass is 35.5. The van der Waals surface area contributed by atoms with Gasteiger partial charge in [-0.1, -0.05) is 41.4 Å². The molecule has 2 aromatic carbocycles. The lowest BCUT2D eigenvalue weighted by molar-refractivity contribution is 0.469. The first-order chi connectivity index (χ1) is 8.58. The van der Waals surface area contributed by atoms with Crippen molar-refractivity contribution in [3.05, 3.63) is 57.6 Å². The minimum atomic E-state index is 0.107. The Labute approximate surface area is 116 Å². The van der Waals surface area contributed by atoms with Crippen LogP contribution in [0.15, 0.2) is 36.4 Å². The van der Waals surface area contributed by atoms with Crippen molar-refractivity contribution in [1.29, 1.82) is 0 Å². The molecule has 4 heteroatoms. The van der Waals surface area contributed by atoms with E-state index in [1.165, 1.54) is 0 Å². The molecule has 94 valence electrons. The molecule has 0 aliphatic rings. The molecule has 2 aromatic rings. The summed E-state index contributed by atoms with van der Waals surface area (Å²) >= 11 is 11.9. The standard InChI is InChI=1S/C14H13Cl2NO/c1-9-5-6-11(15)13(7-9)17-8-10-3-2-4-12(16)14(10)18/h2-7,17-18H,8H2,1H3. The van der Waals surface area contributed by atoms with E-state index in [9.17, 15) is 5.11 Å². The molecule has 0 radical (unpaired) electrons. The molecule has 2 N–H and O–H groups in total. The second-order valence-corrected chi connectivity index (χ2v) is 4.90. The lowest BCUT2D eigenvalue weighted by atomic mass is 10.2. The first-order valence-electron chi connectivity index (χ1n) is 5.54. The molecule has 2 nitrogen and oxygen atoms in total. The van der Waals surface area contributed by atoms with Gasteiger partial charge < -0.3 is 10.4 Å². The van der Waals surface area contributed by atoms with Crippen LogP contribution in [0.4, 0.5) is 5.69 Å². The minimum absolute atomic E-state index is 0.107. The number of rotatable bonds is 3. The molecule has 0 fully saturated rings. The van der Waals surface area contributed by atoms with Gasteiger partial charge in [0.05, 0.1) is 15.7 Å². The molecule has 0 atom stereocenters. The van der Waals surface area contributed by atoms with Crippen molar-refractivity contribution in [3.8, 4) is 5.75 Å². The third kappa shape index (κ3) is 2.89. The van der Waals surface area contributed by atoms with Crippen LogP contribution in [0.25, 0.3) is 0 Å². The van der Waals surface area contributed by atoms with Gasteiger partial charge in [0.25, 0.3) is 0 Å². The van der Waals surface area contributed by atoms with Crippen molar-refractivity contribution in [2.24, 2.45) is 0 Å². The van der Waals surface area contributed by atoms with Gasteiger partial charge in [-0.3, -0.25) is 0 Å². The number of aromatic hydroxyl groups is 1. The van der Waals surface area contributed by atoms with Gasteiger partial charge in [-0.15, -0.1) is 0 Å². The predicted molar refractivity (Wildman–Crippen MR) is 76.6 cm³/mol. The van der Waals surface area contributed by atoms with Gasteiger partial charge in [0.2, 0.25) is 0 Å². The molecular weight excluding hydrogens is 269 g/mol. The van der Waals surface area contributed by atoms with Gasteiger partial charge in [0, 0.05) is 12.1 Å². The lowest BCUT2D eigenvalue weighted by Gasteiger charge is -2.11. The smallest absolute Gasteiger partial charge is 0.139 e. The van der Waals surface area contributed by atoms with Crippen LogP contribution in [0.1, 0.15) is 11.1 Å². The van der Waals surface area contributed by atoms with Crippen LogP contribution in [-0.4, -0.2) is 5.11 Å². The van der Waals surface area contributed by atoms with Gasteiger partial charge in [-0.2, -0.15) is 0 Å². The molecule has 0 unspecified atom stereocenters. The number of nitrogens with one attached hydrogen (secondary N) is 1. The molecule has 0 aliphatic carbocycles. The Morgan fingerprint density at radius 2 is 1.89 bits per heavy atom. The second kappa shape index (κ2) is 5.51. The summed E-state index contributed by atoms with van der Waals surface area (Å²) in [5.74, 6) is 0.107. The average Bonchev–Trinajstić information content (AvgIpc) is 2.35. The molecule has 0 amide bonds. The number of hydrogen-bond acceptors (Lipinski definition) is 2. The molecule has 0 heterocycles. The zero-order valence-corrected chi connectivity index (χ0v) is 11.4. The van der Waals surface area contributed by atoms with Gasteiger partial charge in [0.15, 0.2) is 0 Å². The van der Waals surface area contributed by atoms with Crippen LogP contribution in [0.3, 0.4) is 0 Å². The predicted octanol–water partition coefficient (Wildman–Crippen LogP) is 4.62. The summed E-state index contributed by atoms with van der Waals surface area (Å²) in [7, 11) is 0. The maximum absolute atomic E-state index is 9.79. The normalized spacial score (nSPS) is 10.4. The van der Waals surface area contributed by atoms with E-state index in [1.54, 1.807) is 12.1 Å². The van der Waals surface area contributed by atoms with E-state index in [4.69, 9.17) is 23.2 Å². The zero-order valence-electron chi connectivity index (χ0n) is 9.87. The van der Waals surface area contributed by atoms with Crippen molar-refractivity contribution in [3.63, 3.8) is 0 Å². The van der Waals surface area contributed by atoms with Gasteiger partial charge in [-0.25, -0.2) is 0 Å². The molecule has 0 saturated heterocycles. The summed E-state index contributed by atoms with van der Waals surface area (Å²) in [4.78, 5) is 0. The minimum Gasteiger partial charge on any atom is -0.506 e. The number of phenols is 1. The van der Waals surface area contributed by atoms with Crippen LogP contribution in [0, 0.1) is 6.92 Å². The van der Waals surface area contributed by atoms with E-state index in [2.05, 4.69) is 5.32 Å². The number of halogens is 2. The third-order valence-corrected chi connectivity index (χ3v) is 3.30. The first kappa shape index (κ1) is 13.1. The van der Waals surface area contributed by atoms with E-state index in [0.717, 1.165) is 16.8 Å². The fourth-order valence-corrected chi connectivity index (χ4v) is 2.05. The van der Waals surface area contributed by atoms with Crippen LogP contribution in [0.2, 0.25) is 10.0 Å². The summed E-state index contributed by atoms with van der Waals surface area (Å²) in [5, 5.41) is 14.0. The summed E-state index contributed by atoms with van der Waals surface area (Å²) in [6, 6.07) is 11.0. The summed E-state index contributed by atoms with van der Waals surface area (Å²) in [5.41, 5.74) is 2.70. The SMILES string of the molecule is Cc1ccc(Cl)c(NCc2cccc(Cl)c2O)c1. The van der Waals surface area contributed by atoms with Crippen LogP contribution >= 0.6 is 23.2 Å². The molecule has 2 rings (SSSR count). The summed E-state index contributed by atoms with van der Waals surface area (Å²) in [6.07, 6.45) is 0. The highest BCUT2D eigenvalue weighted by Crippen LogP contribution is 2.29. The monoisotopic (exact) mass is 281 g/mol. The Morgan fingerprint density at radius 1 is 1.11 bits per heavy atom. The molecule has 0 saturated carbocycles. The molecular formula is C14H13Cl2NO. The zero-order chi connectivity index (χ0) is 13.1. The van der Waals surface area contributed by atoms with Crippen molar-refractivity contribution >= 4 is 28.9 Å². The van der Waals surface area contributed by atoms with Crippen LogP contribution in [0.5, 0.6) is 5.75 Å². The maximum atomic E-state index is 9.79. The van der Waals surface area contributed by atoms with Gasteiger partial charge >= 0.3 is 0 Å². The van der Waals surface area contributed by atoms with E-state index in [1.807, 2.05) is 31.2 Å². The number of para-hydroxylation sites is 1. The second-order valence-electron chi connectivity index (χ2n) is 4.08. The Bertz CT molecular complexity index is 568. The molecule has 0 aromatic heterocycles. The van der Waals surface area contributed by atoms with Crippen LogP contribution < -0.4 is 5.32 Å². The third-order valence-electron chi connectivity index (χ3n) is 2.66. The fourth-order valence-electron chi connectivity index (χ4n) is 1.67. The Kier molecular flexibility index (Phi) is 4.00. The fraction of sp³-hybridized carbons (Fsp3) is 0.143. The Hall–Kier alpha value is -1.38. The van der Waals surface area contributed by atoms with Crippen molar-refractivity contribution < 1.29 is 5.11 Å². The van der Waals surface area contributed by atoms with Crippen molar-refractivity contribution in [2.45, 2.75) is 13.5 Å². The quantitative estimate of drug-likeness (QED) is 0.861. The van der Waals surface area contributed by atoms with Crippen molar-refractivity contribution in [1.82, 2.24) is 0 Å². The number of aryl methyl sites for hydroxylation is 1. The number of benzene rings is 2. The molecule has 0 spiro atoms. The molecule has 18 heavy (non-hydrogen) atoms. The summed E-state index contributed by atoms with van der Waals surface area (Å²) < 4.78 is 0. The average molecular weight is 282 g/mol. The van der Waals surface area contributed by atoms with Gasteiger partial charge in [0.1, 0.15) is 5.75 Å². The number of phenolic OH excluding ortho intramolecular Hbond substituents is 1. The maximum Gasteiger partial charge on any atom is 0.139 e. The van der Waals surface area contributed by atoms with E-state index < -0.39 is 0 Å². The highest BCUT2D eigenvalue weighted by Gasteiger charge is 2.06. The van der Waals surface area contributed by atoms with Crippen molar-refractivity contribution in [2.75, 3.05) is 5.32 Å².